The van der Waals surface area contributed by atoms with Crippen molar-refractivity contribution < 1.29 is 291 Å². The van der Waals surface area contributed by atoms with Gasteiger partial charge < -0.3 is 294 Å². The zero-order valence-corrected chi connectivity index (χ0v) is 79.0. The lowest BCUT2D eigenvalue weighted by Crippen LogP contribution is -2.71. The van der Waals surface area contributed by atoms with Gasteiger partial charge in [0, 0.05) is 34.6 Å². The molecular formula is C82H137N5O59. The highest BCUT2D eigenvalue weighted by atomic mass is 16.8. The fraction of sp³-hybridized carbons (Fsp3) is 0.939. The summed E-state index contributed by atoms with van der Waals surface area (Å²) in [6.07, 6.45) is -117. The summed E-state index contributed by atoms with van der Waals surface area (Å²) < 4.78 is 139. The average Bonchev–Trinajstić information content (AvgIpc) is 0.778. The van der Waals surface area contributed by atoms with E-state index in [1.165, 1.54) is 13.8 Å². The van der Waals surface area contributed by atoms with Crippen LogP contribution >= 0.6 is 0 Å². The number of nitrogens with one attached hydrogen (secondary N) is 5. The van der Waals surface area contributed by atoms with Gasteiger partial charge in [0.15, 0.2) is 75.5 Å². The first-order valence-corrected chi connectivity index (χ1v) is 46.9. The molecule has 0 aromatic heterocycles. The van der Waals surface area contributed by atoms with Crippen LogP contribution in [0.3, 0.4) is 0 Å². The summed E-state index contributed by atoms with van der Waals surface area (Å²) in [4.78, 5) is 65.3. The van der Waals surface area contributed by atoms with Crippen LogP contribution in [0.4, 0.5) is 0 Å². The molecular weight excluding hydrogens is 2000 g/mol. The Kier molecular flexibility index (Phi) is 42.8. The SMILES string of the molecule is CC(=O)N[C@@H]1[C@H](O[C@@H]2[C@@H](O[C@@H]3[C@H](O)[C@H](O[C@H]4[C@H](O)[C@@H](NC(C)=O)[C@H](O[C@H]5[C@H](O)[C@@H](NC(C)=O)[C@@H](O)O[C@@H]5CO[C@H]5O[C@H](C)[C@H](O)[C@H](O)[C@H]5O)O[C@@H]4CO)O[C@H](CO[C@H]4O[C@H](CO)[C@@H](O)[C@H](O)[C@@H]4O[C@@H]4O[C@H](CO)[C@@H](O[C@@H]5O[C@H](CO)[C@H](O)[C@H](O)[C@H]5O)[C@H](O)[C@H]4NC(C)=O)[C@H]3O)O[C@H](CO)[C@@H](O)[C@@H]2O)O[C@H](CO)[C@@H](O[C@@H]2O[C@H](CO)[C@H](O)[C@H](O[C@H]3O[C@H](CO)[C@H](O)[C@H](O)[C@H]3NC(C)=O)[C@H]2O[C@H]2O[C@H](C)[C@H](O)[C@H](O)[C@H]2O)[C@@H]1O. The minimum Gasteiger partial charge on any atom is -0.394 e. The Hall–Kier alpha value is -4.81. The van der Waals surface area contributed by atoms with E-state index in [1.54, 1.807) is 0 Å². The number of hydrogen-bond donors (Lipinski definition) is 36. The highest BCUT2D eigenvalue weighted by molar-refractivity contribution is 5.75. The number of aliphatic hydroxyl groups is 31. The lowest BCUT2D eigenvalue weighted by Gasteiger charge is -2.52. The first-order valence-electron chi connectivity index (χ1n) is 46.9. The van der Waals surface area contributed by atoms with E-state index in [2.05, 4.69) is 26.6 Å². The van der Waals surface area contributed by atoms with Gasteiger partial charge in [-0.15, -0.1) is 0 Å². The predicted octanol–water partition coefficient (Wildman–Crippen LogP) is -24.4. The fourth-order valence-corrected chi connectivity index (χ4v) is 19.1. The van der Waals surface area contributed by atoms with E-state index in [0.717, 1.165) is 34.6 Å². The van der Waals surface area contributed by atoms with Crippen LogP contribution in [0.1, 0.15) is 48.5 Å². The molecule has 12 rings (SSSR count). The smallest absolute Gasteiger partial charge is 0.217 e. The summed E-state index contributed by atoms with van der Waals surface area (Å²) in [6, 6.07) is -9.87. The highest BCUT2D eigenvalue weighted by Gasteiger charge is 2.64. The van der Waals surface area contributed by atoms with Gasteiger partial charge >= 0.3 is 0 Å². The second-order valence-corrected chi connectivity index (χ2v) is 37.3. The van der Waals surface area contributed by atoms with Gasteiger partial charge in [-0.25, -0.2) is 0 Å². The normalized spacial score (nSPS) is 49.8. The highest BCUT2D eigenvalue weighted by Crippen LogP contribution is 2.43. The molecule has 12 heterocycles. The van der Waals surface area contributed by atoms with Gasteiger partial charge in [0.2, 0.25) is 29.5 Å². The van der Waals surface area contributed by atoms with Crippen LogP contribution in [-0.2, 0) is 133 Å². The Labute approximate surface area is 827 Å². The topological polar surface area (TPSA) is 985 Å². The van der Waals surface area contributed by atoms with E-state index in [-0.39, 0.29) is 0 Å². The molecule has 12 aliphatic rings. The van der Waals surface area contributed by atoms with Crippen LogP contribution in [0.15, 0.2) is 0 Å². The molecule has 0 aromatic rings. The zero-order chi connectivity index (χ0) is 107. The van der Waals surface area contributed by atoms with E-state index >= 15 is 0 Å². The van der Waals surface area contributed by atoms with Crippen molar-refractivity contribution in [3.05, 3.63) is 0 Å². The standard InChI is InChI=1S/C82H137N5O59/c1-18-40(101)53(114)58(119)76(126-18)124-17-34-65(49(110)35(71(123)128-34)83-20(3)96)138-73-37(85-22(5)98)50(111)63(31(14-94)134-73)140-79-61(122)66(47(108)33(137-79)16-125-80-68(56(117)44(105)27(10-90)131-80)144-74-38(86-23(6)99)51(112)62(30(13-93)135-74)139-78-60(121)55(116)43(104)26(9-89)130-78)142-81-69(57(118)45(106)28(11-91)132-81)145-75-39(87-24(7)100)52(113)64(32(15-95)136-75)141-82-70(146-77-59(120)54(115)41(102)19(2)127-77)67(46(107)29(12-92)133-82)143-72-36(84-21(4)97)48(109)42(103)25(8-88)129-72/h18-19,25-82,88-95,101-123H,8-17H2,1-7H3,(H,83,96)(H,84,97)(H,85,98)(H,86,99)(H,87,100)/t18-,19-,25-,26-,27-,28-,29-,30-,31-,32-,33-,34-,35-,36-,37-,38-,39+,40+,41+,42+,43+,44-,45-,46+,47-,48-,49-,50-,51-,52-,53+,54+,55+,56+,57+,58-,59-,60-,61+,62-,63-,64-,65-,66+,67+,68+,69+,70-,71+,72-,73+,74+,75+,76+,77-,78+,79+,80+,81-,82+/m1/s1. The van der Waals surface area contributed by atoms with Crippen molar-refractivity contribution in [3.8, 4) is 0 Å². The van der Waals surface area contributed by atoms with E-state index in [4.69, 9.17) is 109 Å². The van der Waals surface area contributed by atoms with Crippen molar-refractivity contribution in [2.24, 2.45) is 0 Å². The van der Waals surface area contributed by atoms with Gasteiger partial charge in [-0.3, -0.25) is 24.0 Å². The molecule has 12 aliphatic heterocycles. The van der Waals surface area contributed by atoms with E-state index in [9.17, 15) is 182 Å². The molecule has 12 saturated heterocycles. The van der Waals surface area contributed by atoms with E-state index in [0.29, 0.717) is 0 Å². The molecule has 0 saturated carbocycles. The number of amides is 5. The molecule has 146 heavy (non-hydrogen) atoms. The van der Waals surface area contributed by atoms with Crippen LogP contribution in [0, 0.1) is 0 Å². The Morgan fingerprint density at radius 2 is 0.438 bits per heavy atom. The summed E-state index contributed by atoms with van der Waals surface area (Å²) in [7, 11) is 0. The number of ether oxygens (including phenoxy) is 23. The number of aliphatic hydroxyl groups excluding tert-OH is 31. The molecule has 0 unspecified atom stereocenters. The minimum absolute atomic E-state index is 0.859. The molecule has 12 fully saturated rings. The number of carbonyl (C=O) groups excluding carboxylic acids is 5. The molecule has 5 amide bonds. The van der Waals surface area contributed by atoms with Crippen molar-refractivity contribution in [3.63, 3.8) is 0 Å². The summed E-state index contributed by atoms with van der Waals surface area (Å²) in [5, 5.41) is 364. The molecule has 0 bridgehead atoms. The van der Waals surface area contributed by atoms with E-state index in [1.807, 2.05) is 0 Å². The Morgan fingerprint density at radius 3 is 0.863 bits per heavy atom. The van der Waals surface area contributed by atoms with Gasteiger partial charge in [-0.2, -0.15) is 0 Å². The second-order valence-electron chi connectivity index (χ2n) is 37.3. The molecule has 0 aromatic carbocycles. The molecule has 64 nitrogen and oxygen atoms in total. The maximum Gasteiger partial charge on any atom is 0.217 e. The van der Waals surface area contributed by atoms with Crippen molar-refractivity contribution >= 4 is 29.5 Å². The maximum absolute atomic E-state index is 13.6. The lowest BCUT2D eigenvalue weighted by molar-refractivity contribution is -0.406. The van der Waals surface area contributed by atoms with Crippen molar-refractivity contribution in [1.82, 2.24) is 26.6 Å². The average molecular weight is 2140 g/mol. The number of hydrogen-bond acceptors (Lipinski definition) is 59. The van der Waals surface area contributed by atoms with Crippen LogP contribution in [0.5, 0.6) is 0 Å². The predicted molar refractivity (Wildman–Crippen MR) is 450 cm³/mol. The summed E-state index contributed by atoms with van der Waals surface area (Å²) in [5.41, 5.74) is 0. The molecule has 0 radical (unpaired) electrons. The maximum atomic E-state index is 13.6. The summed E-state index contributed by atoms with van der Waals surface area (Å²) >= 11 is 0. The van der Waals surface area contributed by atoms with Crippen molar-refractivity contribution in [1.29, 1.82) is 0 Å². The number of carbonyl (C=O) groups is 5. The lowest BCUT2D eigenvalue weighted by atomic mass is 9.93. The monoisotopic (exact) mass is 2140 g/mol. The summed E-state index contributed by atoms with van der Waals surface area (Å²) in [6.45, 7) is -4.60. The van der Waals surface area contributed by atoms with Crippen molar-refractivity contribution in [2.45, 2.75) is 417 Å². The number of rotatable bonds is 37. The van der Waals surface area contributed by atoms with Crippen LogP contribution in [0.2, 0.25) is 0 Å². The van der Waals surface area contributed by atoms with Gasteiger partial charge in [-0.05, 0) is 13.8 Å². The van der Waals surface area contributed by atoms with Gasteiger partial charge in [0.25, 0.3) is 0 Å². The minimum atomic E-state index is -2.72. The van der Waals surface area contributed by atoms with Gasteiger partial charge in [0.05, 0.1) is 78.3 Å². The zero-order valence-electron chi connectivity index (χ0n) is 79.0. The van der Waals surface area contributed by atoms with Crippen molar-refractivity contribution in [2.75, 3.05) is 66.1 Å². The molecule has 60 atom stereocenters. The third-order valence-electron chi connectivity index (χ3n) is 27.0. The quantitative estimate of drug-likeness (QED) is 0.0275. The largest absolute Gasteiger partial charge is 0.394 e. The molecule has 36 N–H and O–H groups in total. The van der Waals surface area contributed by atoms with Gasteiger partial charge in [-0.1, -0.05) is 0 Å². The van der Waals surface area contributed by atoms with Crippen LogP contribution < -0.4 is 26.6 Å². The van der Waals surface area contributed by atoms with Crippen LogP contribution in [0.25, 0.3) is 0 Å². The first-order chi connectivity index (χ1) is 69.0. The Bertz CT molecular complexity index is 4090. The fourth-order valence-electron chi connectivity index (χ4n) is 19.1. The second kappa shape index (κ2) is 52.2. The third-order valence-corrected chi connectivity index (χ3v) is 27.0. The van der Waals surface area contributed by atoms with Crippen LogP contribution in [-0.4, -0.2) is 622 Å². The molecule has 0 spiro atoms. The molecule has 844 valence electrons. The van der Waals surface area contributed by atoms with Gasteiger partial charge in [0.1, 0.15) is 280 Å². The first kappa shape index (κ1) is 120. The van der Waals surface area contributed by atoms with E-state index < -0.39 is 464 Å². The Balaban J connectivity index is 0.882. The molecule has 0 aliphatic carbocycles. The molecule has 64 heteroatoms. The third kappa shape index (κ3) is 26.4. The Morgan fingerprint density at radius 1 is 0.192 bits per heavy atom. The summed E-state index contributed by atoms with van der Waals surface area (Å²) in [5.74, 6) is -4.86.